The summed E-state index contributed by atoms with van der Waals surface area (Å²) in [7, 11) is -4.50. The number of hydrogen-bond acceptors (Lipinski definition) is 6. The number of anilines is 1. The number of halogens is 3. The topological polar surface area (TPSA) is 102 Å². The summed E-state index contributed by atoms with van der Waals surface area (Å²) in [6, 6.07) is 1.90. The second-order valence-electron chi connectivity index (χ2n) is 7.70. The molecular formula is C17H20F3N3O4S. The van der Waals surface area contributed by atoms with Crippen molar-refractivity contribution in [3.63, 3.8) is 0 Å². The van der Waals surface area contributed by atoms with Gasteiger partial charge in [-0.1, -0.05) is 25.9 Å². The monoisotopic (exact) mass is 419 g/mol. The Labute approximate surface area is 160 Å². The molecule has 2 rings (SSSR count). The van der Waals surface area contributed by atoms with Crippen LogP contribution in [-0.2, 0) is 26.2 Å². The Morgan fingerprint density at radius 3 is 2.18 bits per heavy atom. The van der Waals surface area contributed by atoms with Gasteiger partial charge in [-0.15, -0.1) is 0 Å². The van der Waals surface area contributed by atoms with Crippen molar-refractivity contribution < 1.29 is 30.9 Å². The zero-order valence-electron chi connectivity index (χ0n) is 15.9. The normalized spacial score (nSPS) is 13.4. The Balaban J connectivity index is 2.34. The lowest BCUT2D eigenvalue weighted by Gasteiger charge is -2.23. The van der Waals surface area contributed by atoms with Gasteiger partial charge in [0, 0.05) is 23.9 Å². The summed E-state index contributed by atoms with van der Waals surface area (Å²) in [5.41, 5.74) is -1.61. The highest BCUT2D eigenvalue weighted by Gasteiger charge is 2.44. The van der Waals surface area contributed by atoms with E-state index in [1.165, 1.54) is 6.07 Å². The van der Waals surface area contributed by atoms with E-state index >= 15 is 0 Å². The molecule has 0 unspecified atom stereocenters. The average molecular weight is 419 g/mol. The number of aromatic nitrogens is 2. The molecule has 1 N–H and O–H groups in total. The van der Waals surface area contributed by atoms with Crippen LogP contribution in [0.3, 0.4) is 0 Å². The molecule has 2 heterocycles. The molecule has 1 amide bonds. The smallest absolute Gasteiger partial charge is 0.359 e. The lowest BCUT2D eigenvalue weighted by molar-refractivity contribution is -0.138. The summed E-state index contributed by atoms with van der Waals surface area (Å²) in [5, 5.41) is 6.00. The van der Waals surface area contributed by atoms with Crippen molar-refractivity contribution in [2.45, 2.75) is 55.9 Å². The highest BCUT2D eigenvalue weighted by molar-refractivity contribution is 7.93. The maximum absolute atomic E-state index is 12.9. The van der Waals surface area contributed by atoms with Gasteiger partial charge in [0.1, 0.15) is 10.5 Å². The molecule has 2 aromatic rings. The summed E-state index contributed by atoms with van der Waals surface area (Å²) >= 11 is 0. The predicted molar refractivity (Wildman–Crippen MR) is 94.3 cm³/mol. The Morgan fingerprint density at radius 1 is 1.07 bits per heavy atom. The highest BCUT2D eigenvalue weighted by Crippen LogP contribution is 2.33. The molecule has 0 aromatic carbocycles. The molecule has 0 aliphatic carbocycles. The maximum Gasteiger partial charge on any atom is 0.417 e. The molecule has 28 heavy (non-hydrogen) atoms. The van der Waals surface area contributed by atoms with Crippen LogP contribution in [0.25, 0.3) is 0 Å². The second-order valence-corrected chi connectivity index (χ2v) is 10.2. The molecule has 0 bridgehead atoms. The third kappa shape index (κ3) is 4.18. The fourth-order valence-electron chi connectivity index (χ4n) is 2.09. The quantitative estimate of drug-likeness (QED) is 0.813. The van der Waals surface area contributed by atoms with Crippen LogP contribution in [0, 0.1) is 0 Å². The summed E-state index contributed by atoms with van der Waals surface area (Å²) in [6.07, 6.45) is -3.49. The zero-order valence-corrected chi connectivity index (χ0v) is 16.7. The van der Waals surface area contributed by atoms with Gasteiger partial charge in [0.25, 0.3) is 0 Å². The minimum Gasteiger partial charge on any atom is -0.359 e. The van der Waals surface area contributed by atoms with Crippen molar-refractivity contribution in [3.05, 3.63) is 35.9 Å². The van der Waals surface area contributed by atoms with E-state index in [0.717, 1.165) is 20.0 Å². The molecule has 2 aromatic heterocycles. The van der Waals surface area contributed by atoms with Gasteiger partial charge in [-0.3, -0.25) is 9.78 Å². The van der Waals surface area contributed by atoms with Gasteiger partial charge < -0.3 is 9.84 Å². The summed E-state index contributed by atoms with van der Waals surface area (Å²) in [5.74, 6) is -0.510. The number of carbonyl (C=O) groups is 1. The fraction of sp³-hybridized carbons (Fsp3) is 0.471. The van der Waals surface area contributed by atoms with Crippen LogP contribution in [0.15, 0.2) is 33.9 Å². The summed E-state index contributed by atoms with van der Waals surface area (Å²) in [4.78, 5) is 15.2. The van der Waals surface area contributed by atoms with Crippen LogP contribution in [-0.4, -0.2) is 29.2 Å². The highest BCUT2D eigenvalue weighted by atomic mass is 32.2. The molecule has 11 heteroatoms. The van der Waals surface area contributed by atoms with E-state index in [1.807, 2.05) is 20.8 Å². The second kappa shape index (κ2) is 6.87. The van der Waals surface area contributed by atoms with Crippen LogP contribution < -0.4 is 5.32 Å². The largest absolute Gasteiger partial charge is 0.417 e. The molecule has 7 nitrogen and oxygen atoms in total. The number of carbonyl (C=O) groups excluding carboxylic acids is 1. The number of alkyl halides is 3. The van der Waals surface area contributed by atoms with E-state index in [-0.39, 0.29) is 11.2 Å². The summed E-state index contributed by atoms with van der Waals surface area (Å²) in [6.45, 7) is 7.74. The third-order valence-electron chi connectivity index (χ3n) is 4.06. The Hall–Kier alpha value is -2.43. The van der Waals surface area contributed by atoms with E-state index in [4.69, 9.17) is 4.52 Å². The van der Waals surface area contributed by atoms with Crippen LogP contribution >= 0.6 is 0 Å². The van der Waals surface area contributed by atoms with Gasteiger partial charge in [-0.05, 0) is 19.9 Å². The zero-order chi connectivity index (χ0) is 21.5. The van der Waals surface area contributed by atoms with E-state index in [2.05, 4.69) is 15.5 Å². The first-order chi connectivity index (χ1) is 12.6. The van der Waals surface area contributed by atoms with Crippen molar-refractivity contribution in [1.82, 2.24) is 10.1 Å². The molecule has 0 aliphatic heterocycles. The molecule has 0 saturated heterocycles. The standard InChI is InChI=1S/C17H20F3N3O4S/c1-15(2,3)12-7-13(23-27-12)22-14(24)16(4,5)28(25,26)11-6-10(8-21-9-11)17(18,19)20/h6-9H,1-5H3,(H,22,23,24). The van der Waals surface area contributed by atoms with Crippen molar-refractivity contribution in [1.29, 1.82) is 0 Å². The number of rotatable bonds is 4. The van der Waals surface area contributed by atoms with Crippen molar-refractivity contribution in [3.8, 4) is 0 Å². The fourth-order valence-corrected chi connectivity index (χ4v) is 3.46. The first-order valence-corrected chi connectivity index (χ1v) is 9.60. The minimum atomic E-state index is -4.77. The number of nitrogens with one attached hydrogen (secondary N) is 1. The van der Waals surface area contributed by atoms with Gasteiger partial charge in [0.15, 0.2) is 15.7 Å². The molecule has 0 aliphatic rings. The predicted octanol–water partition coefficient (Wildman–Crippen LogP) is 3.58. The van der Waals surface area contributed by atoms with Gasteiger partial charge >= 0.3 is 6.18 Å². The van der Waals surface area contributed by atoms with Crippen molar-refractivity contribution in [2.24, 2.45) is 0 Å². The van der Waals surface area contributed by atoms with Crippen LogP contribution in [0.4, 0.5) is 19.0 Å². The SMILES string of the molecule is CC(C)(C)c1cc(NC(=O)C(C)(C)S(=O)(=O)c2cncc(C(F)(F)F)c2)no1. The minimum absolute atomic E-state index is 0.000340. The maximum atomic E-state index is 12.9. The molecule has 0 atom stereocenters. The number of amides is 1. The van der Waals surface area contributed by atoms with Crippen LogP contribution in [0.5, 0.6) is 0 Å². The van der Waals surface area contributed by atoms with Gasteiger partial charge in [-0.2, -0.15) is 13.2 Å². The van der Waals surface area contributed by atoms with E-state index in [0.29, 0.717) is 18.0 Å². The number of sulfone groups is 1. The first-order valence-electron chi connectivity index (χ1n) is 8.12. The molecule has 0 saturated carbocycles. The van der Waals surface area contributed by atoms with Crippen molar-refractivity contribution in [2.75, 3.05) is 5.32 Å². The average Bonchev–Trinajstić information content (AvgIpc) is 3.02. The van der Waals surface area contributed by atoms with Crippen LogP contribution in [0.2, 0.25) is 0 Å². The van der Waals surface area contributed by atoms with E-state index in [9.17, 15) is 26.4 Å². The van der Waals surface area contributed by atoms with Crippen molar-refractivity contribution >= 4 is 21.6 Å². The third-order valence-corrected chi connectivity index (χ3v) is 6.43. The van der Waals surface area contributed by atoms with Gasteiger partial charge in [0.05, 0.1) is 10.5 Å². The first kappa shape index (κ1) is 21.9. The lowest BCUT2D eigenvalue weighted by Crippen LogP contribution is -2.44. The lowest BCUT2D eigenvalue weighted by atomic mass is 9.93. The molecular weight excluding hydrogens is 399 g/mol. The Morgan fingerprint density at radius 2 is 1.68 bits per heavy atom. The number of hydrogen-bond donors (Lipinski definition) is 1. The van der Waals surface area contributed by atoms with Crippen LogP contribution in [0.1, 0.15) is 45.9 Å². The molecule has 154 valence electrons. The molecule has 0 fully saturated rings. The molecule has 0 radical (unpaired) electrons. The van der Waals surface area contributed by atoms with Gasteiger partial charge in [-0.25, -0.2) is 8.42 Å². The Kier molecular flexibility index (Phi) is 5.37. The van der Waals surface area contributed by atoms with Gasteiger partial charge in [0.2, 0.25) is 5.91 Å². The Bertz CT molecular complexity index is 990. The number of nitrogens with zero attached hydrogens (tertiary/aromatic N) is 2. The van der Waals surface area contributed by atoms with E-state index < -0.39 is 37.1 Å². The molecule has 0 spiro atoms. The summed E-state index contributed by atoms with van der Waals surface area (Å²) < 4.78 is 67.2. The number of pyridine rings is 1. The van der Waals surface area contributed by atoms with E-state index in [1.54, 1.807) is 0 Å².